The molecule has 0 atom stereocenters. The Labute approximate surface area is 206 Å². The Morgan fingerprint density at radius 2 is 1.74 bits per heavy atom. The lowest BCUT2D eigenvalue weighted by atomic mass is 9.79. The first-order valence-corrected chi connectivity index (χ1v) is 13.1. The molecule has 2 heterocycles. The number of nitrogens with one attached hydrogen (secondary N) is 1. The van der Waals surface area contributed by atoms with Crippen molar-refractivity contribution < 1.29 is 9.53 Å². The van der Waals surface area contributed by atoms with Gasteiger partial charge in [-0.1, -0.05) is 30.1 Å². The van der Waals surface area contributed by atoms with E-state index in [1.807, 2.05) is 0 Å². The third-order valence-corrected chi connectivity index (χ3v) is 8.40. The van der Waals surface area contributed by atoms with Crippen molar-refractivity contribution in [1.82, 2.24) is 0 Å². The first kappa shape index (κ1) is 22.9. The van der Waals surface area contributed by atoms with Crippen LogP contribution in [0.1, 0.15) is 38.9 Å². The van der Waals surface area contributed by atoms with Crippen molar-refractivity contribution >= 4 is 29.6 Å². The number of benzene rings is 3. The van der Waals surface area contributed by atoms with Gasteiger partial charge >= 0.3 is 0 Å². The summed E-state index contributed by atoms with van der Waals surface area (Å²) in [5.74, 6) is 0.904. The molecule has 5 heteroatoms. The molecule has 1 N–H and O–H groups in total. The van der Waals surface area contributed by atoms with Crippen LogP contribution in [0.2, 0.25) is 0 Å². The summed E-state index contributed by atoms with van der Waals surface area (Å²) in [6.45, 7) is 13.4. The summed E-state index contributed by atoms with van der Waals surface area (Å²) in [4.78, 5) is 11.9. The minimum absolute atomic E-state index is 0.401. The molecule has 0 aliphatic carbocycles. The van der Waals surface area contributed by atoms with E-state index in [4.69, 9.17) is 4.74 Å². The van der Waals surface area contributed by atoms with E-state index >= 15 is 0 Å². The number of carbonyl (C=O) groups is 1. The second-order valence-corrected chi connectivity index (χ2v) is 10.1. The zero-order valence-electron chi connectivity index (χ0n) is 20.9. The predicted octanol–water partition coefficient (Wildman–Crippen LogP) is 6.71. The highest BCUT2D eigenvalue weighted by Crippen LogP contribution is 2.52. The largest absolute Gasteiger partial charge is 0.490 e. The quantitative estimate of drug-likeness (QED) is 0.338. The van der Waals surface area contributed by atoms with Crippen LogP contribution in [0.4, 0.5) is 11.4 Å². The van der Waals surface area contributed by atoms with E-state index in [2.05, 4.69) is 74.8 Å². The lowest BCUT2D eigenvalue weighted by Gasteiger charge is -2.37. The van der Waals surface area contributed by atoms with Crippen molar-refractivity contribution in [2.45, 2.75) is 47.6 Å². The molecule has 0 saturated heterocycles. The molecule has 34 heavy (non-hydrogen) atoms. The molecular formula is C29H32N2O2S. The van der Waals surface area contributed by atoms with Crippen LogP contribution in [0.25, 0.3) is 22.3 Å². The molecular weight excluding hydrogens is 440 g/mol. The summed E-state index contributed by atoms with van der Waals surface area (Å²) in [6.07, 6.45) is 3.58. The minimum Gasteiger partial charge on any atom is -0.490 e. The zero-order chi connectivity index (χ0) is 24.1. The first-order chi connectivity index (χ1) is 16.4. The van der Waals surface area contributed by atoms with Gasteiger partial charge in [-0.3, -0.25) is 0 Å². The van der Waals surface area contributed by atoms with E-state index in [1.165, 1.54) is 61.3 Å². The fraction of sp³-hybridized carbons (Fsp3) is 0.345. The van der Waals surface area contributed by atoms with Gasteiger partial charge in [0.15, 0.2) is 0 Å². The van der Waals surface area contributed by atoms with Crippen molar-refractivity contribution in [3.8, 4) is 28.0 Å². The van der Waals surface area contributed by atoms with E-state index in [1.54, 1.807) is 11.9 Å². The Morgan fingerprint density at radius 3 is 2.47 bits per heavy atom. The monoisotopic (exact) mass is 472 g/mol. The molecule has 0 radical (unpaired) electrons. The van der Waals surface area contributed by atoms with Gasteiger partial charge in [0, 0.05) is 24.8 Å². The summed E-state index contributed by atoms with van der Waals surface area (Å²) in [7, 11) is 0. The van der Waals surface area contributed by atoms with Gasteiger partial charge in [-0.15, -0.1) is 0 Å². The van der Waals surface area contributed by atoms with E-state index < -0.39 is 0 Å². The van der Waals surface area contributed by atoms with Crippen LogP contribution in [0.3, 0.4) is 0 Å². The normalized spacial score (nSPS) is 14.0. The molecule has 3 aromatic carbocycles. The summed E-state index contributed by atoms with van der Waals surface area (Å²) < 4.78 is 8.29. The van der Waals surface area contributed by atoms with Gasteiger partial charge in [0.2, 0.25) is 0 Å². The number of hydrogen-bond acceptors (Lipinski definition) is 5. The molecule has 0 saturated carbocycles. The van der Waals surface area contributed by atoms with E-state index in [0.29, 0.717) is 13.0 Å². The summed E-state index contributed by atoms with van der Waals surface area (Å²) >= 11 is 1.76. The number of rotatable bonds is 4. The molecule has 0 unspecified atom stereocenters. The molecule has 4 nitrogen and oxygen atoms in total. The highest BCUT2D eigenvalue weighted by Gasteiger charge is 2.31. The Kier molecular flexibility index (Phi) is 5.85. The number of anilines is 2. The lowest BCUT2D eigenvalue weighted by Crippen LogP contribution is -2.23. The summed E-state index contributed by atoms with van der Waals surface area (Å²) in [5.41, 5.74) is 16.1. The topological polar surface area (TPSA) is 41.6 Å². The number of hydrogen-bond donors (Lipinski definition) is 1. The maximum absolute atomic E-state index is 11.9. The molecule has 2 aliphatic rings. The Balaban J connectivity index is 1.88. The predicted molar refractivity (Wildman–Crippen MR) is 144 cm³/mol. The molecule has 3 aromatic rings. The van der Waals surface area contributed by atoms with Crippen LogP contribution >= 0.6 is 11.9 Å². The SMILES string of the molecule is CSN1Cc2c(ccc(C)c2C)-c2c(C)c(-c3ccc4c(c3C)NCCO4)c(CC=O)c(C)c21. The smallest absolute Gasteiger partial charge is 0.142 e. The van der Waals surface area contributed by atoms with Crippen molar-refractivity contribution in [2.24, 2.45) is 0 Å². The van der Waals surface area contributed by atoms with Crippen molar-refractivity contribution in [3.63, 3.8) is 0 Å². The van der Waals surface area contributed by atoms with Crippen molar-refractivity contribution in [2.75, 3.05) is 29.0 Å². The second kappa shape index (κ2) is 8.70. The lowest BCUT2D eigenvalue weighted by molar-refractivity contribution is -0.107. The molecule has 176 valence electrons. The van der Waals surface area contributed by atoms with Crippen LogP contribution in [-0.2, 0) is 17.8 Å². The van der Waals surface area contributed by atoms with Gasteiger partial charge in [-0.25, -0.2) is 0 Å². The standard InChI is InChI=1S/C29H32N2O2S/c1-16-7-8-23-24(17(16)2)15-31(34-6)29-19(4)22(11-13-32)26(20(5)27(23)29)21-9-10-25-28(18(21)3)30-12-14-33-25/h7-10,13,30H,11-12,14-15H2,1-6H3. The van der Waals surface area contributed by atoms with E-state index in [-0.39, 0.29) is 0 Å². The van der Waals surface area contributed by atoms with Gasteiger partial charge in [0.05, 0.1) is 17.9 Å². The van der Waals surface area contributed by atoms with Crippen LogP contribution in [-0.4, -0.2) is 25.7 Å². The van der Waals surface area contributed by atoms with Crippen molar-refractivity contribution in [1.29, 1.82) is 0 Å². The van der Waals surface area contributed by atoms with Gasteiger partial charge < -0.3 is 19.2 Å². The van der Waals surface area contributed by atoms with Crippen LogP contribution < -0.4 is 14.4 Å². The average molecular weight is 473 g/mol. The summed E-state index contributed by atoms with van der Waals surface area (Å²) in [5, 5.41) is 3.53. The van der Waals surface area contributed by atoms with Crippen LogP contribution in [0, 0.1) is 34.6 Å². The number of aryl methyl sites for hydroxylation is 1. The Hall–Kier alpha value is -2.92. The fourth-order valence-corrected chi connectivity index (χ4v) is 6.39. The second-order valence-electron chi connectivity index (χ2n) is 9.34. The van der Waals surface area contributed by atoms with Crippen LogP contribution in [0.5, 0.6) is 5.75 Å². The first-order valence-electron chi connectivity index (χ1n) is 11.9. The molecule has 0 spiro atoms. The number of ether oxygens (including phenoxy) is 1. The fourth-order valence-electron chi connectivity index (χ4n) is 5.72. The van der Waals surface area contributed by atoms with Gasteiger partial charge in [-0.05, 0) is 96.3 Å². The van der Waals surface area contributed by atoms with E-state index in [0.717, 1.165) is 36.4 Å². The number of carbonyl (C=O) groups excluding carboxylic acids is 1. The number of nitrogens with zero attached hydrogens (tertiary/aromatic N) is 1. The molecule has 2 aliphatic heterocycles. The Morgan fingerprint density at radius 1 is 0.971 bits per heavy atom. The van der Waals surface area contributed by atoms with E-state index in [9.17, 15) is 4.79 Å². The van der Waals surface area contributed by atoms with Gasteiger partial charge in [0.25, 0.3) is 0 Å². The highest BCUT2D eigenvalue weighted by atomic mass is 32.2. The van der Waals surface area contributed by atoms with Gasteiger partial charge in [0.1, 0.15) is 18.6 Å². The third kappa shape index (κ3) is 3.32. The van der Waals surface area contributed by atoms with Crippen LogP contribution in [0.15, 0.2) is 24.3 Å². The maximum atomic E-state index is 11.9. The van der Waals surface area contributed by atoms with Gasteiger partial charge in [-0.2, -0.15) is 0 Å². The highest BCUT2D eigenvalue weighted by molar-refractivity contribution is 7.99. The molecule has 0 fully saturated rings. The Bertz CT molecular complexity index is 1330. The zero-order valence-corrected chi connectivity index (χ0v) is 21.7. The minimum atomic E-state index is 0.401. The average Bonchev–Trinajstić information content (AvgIpc) is 2.85. The number of fused-ring (bicyclic) bond motifs is 4. The molecule has 0 amide bonds. The molecule has 0 bridgehead atoms. The molecule has 0 aromatic heterocycles. The maximum Gasteiger partial charge on any atom is 0.142 e. The number of aldehydes is 1. The summed E-state index contributed by atoms with van der Waals surface area (Å²) in [6, 6.07) is 8.77. The van der Waals surface area contributed by atoms with Crippen molar-refractivity contribution in [3.05, 3.63) is 63.2 Å². The third-order valence-electron chi connectivity index (χ3n) is 7.65. The molecule has 5 rings (SSSR count).